The molecule has 3 nitrogen and oxygen atoms in total. The molecule has 2 unspecified atom stereocenters. The van der Waals surface area contributed by atoms with Crippen LogP contribution in [0.15, 0.2) is 24.3 Å². The number of hydrogen-bond acceptors (Lipinski definition) is 3. The molecule has 1 aromatic rings. The molecular weight excluding hydrogens is 236 g/mol. The maximum Gasteiger partial charge on any atom is 0.0740 e. The van der Waals surface area contributed by atoms with Crippen LogP contribution in [0.25, 0.3) is 0 Å². The lowest BCUT2D eigenvalue weighted by molar-refractivity contribution is 0.0609. The van der Waals surface area contributed by atoms with Crippen molar-refractivity contribution >= 4 is 11.6 Å². The SMILES string of the molecule is CCCC(OC)C(Cc1ccc(Cl)cc1)NN. The minimum absolute atomic E-state index is 0.126. The number of methoxy groups -OCH3 is 1. The van der Waals surface area contributed by atoms with Gasteiger partial charge in [-0.1, -0.05) is 37.1 Å². The molecule has 0 fully saturated rings. The van der Waals surface area contributed by atoms with Gasteiger partial charge in [0.15, 0.2) is 0 Å². The standard InChI is InChI=1S/C13H21ClN2O/c1-3-4-13(17-2)12(16-15)9-10-5-7-11(14)8-6-10/h5-8,12-13,16H,3-4,9,15H2,1-2H3. The van der Waals surface area contributed by atoms with Crippen molar-refractivity contribution in [2.24, 2.45) is 5.84 Å². The number of ether oxygens (including phenoxy) is 1. The van der Waals surface area contributed by atoms with Crippen LogP contribution in [-0.2, 0) is 11.2 Å². The highest BCUT2D eigenvalue weighted by Gasteiger charge is 2.19. The monoisotopic (exact) mass is 256 g/mol. The molecule has 2 atom stereocenters. The summed E-state index contributed by atoms with van der Waals surface area (Å²) in [6.45, 7) is 2.14. The summed E-state index contributed by atoms with van der Waals surface area (Å²) in [7, 11) is 1.73. The zero-order valence-electron chi connectivity index (χ0n) is 10.4. The molecule has 0 spiro atoms. The van der Waals surface area contributed by atoms with Crippen LogP contribution in [0, 0.1) is 0 Å². The van der Waals surface area contributed by atoms with Gasteiger partial charge in [0.05, 0.1) is 12.1 Å². The van der Waals surface area contributed by atoms with Gasteiger partial charge in [-0.25, -0.2) is 0 Å². The fraction of sp³-hybridized carbons (Fsp3) is 0.538. The third-order valence-corrected chi connectivity index (χ3v) is 3.16. The van der Waals surface area contributed by atoms with Crippen LogP contribution in [0.3, 0.4) is 0 Å². The fourth-order valence-electron chi connectivity index (χ4n) is 1.94. The molecule has 0 heterocycles. The third-order valence-electron chi connectivity index (χ3n) is 2.91. The first kappa shape index (κ1) is 14.5. The zero-order valence-corrected chi connectivity index (χ0v) is 11.2. The minimum Gasteiger partial charge on any atom is -0.380 e. The van der Waals surface area contributed by atoms with Gasteiger partial charge in [0, 0.05) is 12.1 Å². The topological polar surface area (TPSA) is 47.3 Å². The first-order chi connectivity index (χ1) is 8.21. The second-order valence-electron chi connectivity index (χ2n) is 4.17. The average Bonchev–Trinajstić information content (AvgIpc) is 2.36. The maximum atomic E-state index is 5.86. The molecule has 0 amide bonds. The molecular formula is C13H21ClN2O. The van der Waals surface area contributed by atoms with Gasteiger partial charge in [-0.3, -0.25) is 11.3 Å². The Morgan fingerprint density at radius 2 is 2.00 bits per heavy atom. The molecule has 17 heavy (non-hydrogen) atoms. The van der Waals surface area contributed by atoms with Crippen LogP contribution in [0.5, 0.6) is 0 Å². The summed E-state index contributed by atoms with van der Waals surface area (Å²) in [5, 5.41) is 0.753. The number of halogens is 1. The number of hydrogen-bond donors (Lipinski definition) is 2. The van der Waals surface area contributed by atoms with Crippen LogP contribution in [0.2, 0.25) is 5.02 Å². The molecule has 0 radical (unpaired) electrons. The van der Waals surface area contributed by atoms with Crippen molar-refractivity contribution in [2.75, 3.05) is 7.11 Å². The van der Waals surface area contributed by atoms with Gasteiger partial charge in [0.1, 0.15) is 0 Å². The highest BCUT2D eigenvalue weighted by atomic mass is 35.5. The van der Waals surface area contributed by atoms with E-state index in [2.05, 4.69) is 12.3 Å². The molecule has 0 saturated heterocycles. The number of nitrogens with two attached hydrogens (primary N) is 1. The molecule has 0 aliphatic heterocycles. The van der Waals surface area contributed by atoms with Crippen molar-refractivity contribution in [1.29, 1.82) is 0 Å². The summed E-state index contributed by atoms with van der Waals surface area (Å²) >= 11 is 5.86. The van der Waals surface area contributed by atoms with E-state index in [1.807, 2.05) is 24.3 Å². The van der Waals surface area contributed by atoms with Gasteiger partial charge in [-0.05, 0) is 30.5 Å². The second kappa shape index (κ2) is 7.67. The van der Waals surface area contributed by atoms with Crippen molar-refractivity contribution in [3.8, 4) is 0 Å². The normalized spacial score (nSPS) is 14.6. The predicted molar refractivity (Wildman–Crippen MR) is 72.0 cm³/mol. The smallest absolute Gasteiger partial charge is 0.0740 e. The molecule has 0 bridgehead atoms. The summed E-state index contributed by atoms with van der Waals surface area (Å²) in [5.41, 5.74) is 4.05. The highest BCUT2D eigenvalue weighted by molar-refractivity contribution is 6.30. The van der Waals surface area contributed by atoms with Crippen LogP contribution < -0.4 is 11.3 Å². The minimum atomic E-state index is 0.126. The molecule has 0 aliphatic carbocycles. The van der Waals surface area contributed by atoms with E-state index in [0.29, 0.717) is 0 Å². The Kier molecular flexibility index (Phi) is 6.52. The Bertz CT molecular complexity index is 316. The first-order valence-corrected chi connectivity index (χ1v) is 6.32. The Hall–Kier alpha value is -0.610. The summed E-state index contributed by atoms with van der Waals surface area (Å²) in [5.74, 6) is 5.60. The number of rotatable bonds is 7. The lowest BCUT2D eigenvalue weighted by Gasteiger charge is -2.25. The van der Waals surface area contributed by atoms with E-state index in [4.69, 9.17) is 22.2 Å². The van der Waals surface area contributed by atoms with Gasteiger partial charge < -0.3 is 4.74 Å². The van der Waals surface area contributed by atoms with E-state index in [1.54, 1.807) is 7.11 Å². The van der Waals surface area contributed by atoms with Gasteiger partial charge in [0.2, 0.25) is 0 Å². The Balaban J connectivity index is 2.64. The summed E-state index contributed by atoms with van der Waals surface area (Å²) < 4.78 is 5.47. The molecule has 3 N–H and O–H groups in total. The molecule has 1 aromatic carbocycles. The second-order valence-corrected chi connectivity index (χ2v) is 4.60. The van der Waals surface area contributed by atoms with Crippen LogP contribution in [0.1, 0.15) is 25.3 Å². The summed E-state index contributed by atoms with van der Waals surface area (Å²) in [6.07, 6.45) is 3.06. The Morgan fingerprint density at radius 1 is 1.35 bits per heavy atom. The van der Waals surface area contributed by atoms with Crippen molar-refractivity contribution in [3.63, 3.8) is 0 Å². The lowest BCUT2D eigenvalue weighted by Crippen LogP contribution is -2.46. The Labute approximate surface area is 108 Å². The number of benzene rings is 1. The van der Waals surface area contributed by atoms with Gasteiger partial charge in [0.25, 0.3) is 0 Å². The van der Waals surface area contributed by atoms with Gasteiger partial charge in [-0.2, -0.15) is 0 Å². The molecule has 96 valence electrons. The molecule has 0 saturated carbocycles. The van der Waals surface area contributed by atoms with Crippen LogP contribution in [0.4, 0.5) is 0 Å². The zero-order chi connectivity index (χ0) is 12.7. The fourth-order valence-corrected chi connectivity index (χ4v) is 2.07. The van der Waals surface area contributed by atoms with Crippen LogP contribution in [-0.4, -0.2) is 19.3 Å². The lowest BCUT2D eigenvalue weighted by atomic mass is 9.99. The predicted octanol–water partition coefficient (Wildman–Crippen LogP) is 2.53. The number of hydrazine groups is 1. The molecule has 4 heteroatoms. The largest absolute Gasteiger partial charge is 0.380 e. The van der Waals surface area contributed by atoms with E-state index in [-0.39, 0.29) is 12.1 Å². The average molecular weight is 257 g/mol. The van der Waals surface area contributed by atoms with E-state index in [9.17, 15) is 0 Å². The Morgan fingerprint density at radius 3 is 2.47 bits per heavy atom. The van der Waals surface area contributed by atoms with E-state index in [1.165, 1.54) is 5.56 Å². The quantitative estimate of drug-likeness (QED) is 0.582. The van der Waals surface area contributed by atoms with E-state index in [0.717, 1.165) is 24.3 Å². The summed E-state index contributed by atoms with van der Waals surface area (Å²) in [6, 6.07) is 7.95. The third kappa shape index (κ3) is 4.64. The first-order valence-electron chi connectivity index (χ1n) is 5.94. The molecule has 0 aromatic heterocycles. The molecule has 1 rings (SSSR count). The number of nitrogens with one attached hydrogen (secondary N) is 1. The van der Waals surface area contributed by atoms with Crippen molar-refractivity contribution in [1.82, 2.24) is 5.43 Å². The van der Waals surface area contributed by atoms with Crippen molar-refractivity contribution in [2.45, 2.75) is 38.3 Å². The van der Waals surface area contributed by atoms with E-state index < -0.39 is 0 Å². The van der Waals surface area contributed by atoms with E-state index >= 15 is 0 Å². The molecule has 0 aliphatic rings. The van der Waals surface area contributed by atoms with Gasteiger partial charge in [-0.15, -0.1) is 0 Å². The van der Waals surface area contributed by atoms with Crippen LogP contribution >= 0.6 is 11.6 Å². The summed E-state index contributed by atoms with van der Waals surface area (Å²) in [4.78, 5) is 0. The van der Waals surface area contributed by atoms with Crippen molar-refractivity contribution in [3.05, 3.63) is 34.9 Å². The van der Waals surface area contributed by atoms with Crippen molar-refractivity contribution < 1.29 is 4.74 Å². The maximum absolute atomic E-state index is 5.86. The van der Waals surface area contributed by atoms with Gasteiger partial charge >= 0.3 is 0 Å². The highest BCUT2D eigenvalue weighted by Crippen LogP contribution is 2.14.